The molecule has 25 heavy (non-hydrogen) atoms. The van der Waals surface area contributed by atoms with Crippen LogP contribution in [0, 0.1) is 5.82 Å². The number of anilines is 1. The lowest BCUT2D eigenvalue weighted by Gasteiger charge is -2.13. The molecule has 1 heterocycles. The third-order valence-corrected chi connectivity index (χ3v) is 3.87. The number of urea groups is 1. The van der Waals surface area contributed by atoms with E-state index in [4.69, 9.17) is 0 Å². The summed E-state index contributed by atoms with van der Waals surface area (Å²) in [5.74, 6) is -0.940. The molecule has 0 atom stereocenters. The van der Waals surface area contributed by atoms with Crippen LogP contribution in [0.3, 0.4) is 0 Å². The summed E-state index contributed by atoms with van der Waals surface area (Å²) in [6, 6.07) is 12.3. The van der Waals surface area contributed by atoms with E-state index in [1.165, 1.54) is 11.0 Å². The molecule has 4 amide bonds. The van der Waals surface area contributed by atoms with Gasteiger partial charge in [0.25, 0.3) is 5.91 Å². The van der Waals surface area contributed by atoms with Gasteiger partial charge in [-0.15, -0.1) is 0 Å². The van der Waals surface area contributed by atoms with E-state index in [1.807, 2.05) is 0 Å². The second kappa shape index (κ2) is 7.12. The Kier molecular flexibility index (Phi) is 4.74. The average molecular weight is 341 g/mol. The standard InChI is InChI=1S/C18H16FN3O3/c19-15-4-2-1-3-12(15)9-10-20-17(24)13-5-7-14(8-6-13)22-11-16(23)21-18(22)25/h1-8H,9-11H2,(H,20,24)(H,21,23,25). The fourth-order valence-corrected chi connectivity index (χ4v) is 2.56. The fourth-order valence-electron chi connectivity index (χ4n) is 2.56. The Morgan fingerprint density at radius 3 is 2.48 bits per heavy atom. The molecule has 2 aromatic rings. The summed E-state index contributed by atoms with van der Waals surface area (Å²) < 4.78 is 13.5. The van der Waals surface area contributed by atoms with E-state index in [1.54, 1.807) is 42.5 Å². The number of nitrogens with zero attached hydrogens (tertiary/aromatic N) is 1. The maximum Gasteiger partial charge on any atom is 0.329 e. The Bertz CT molecular complexity index is 821. The van der Waals surface area contributed by atoms with Crippen LogP contribution in [0.2, 0.25) is 0 Å². The van der Waals surface area contributed by atoms with Gasteiger partial charge in [-0.2, -0.15) is 0 Å². The predicted molar refractivity (Wildman–Crippen MR) is 89.8 cm³/mol. The Hall–Kier alpha value is -3.22. The third-order valence-electron chi connectivity index (χ3n) is 3.87. The van der Waals surface area contributed by atoms with Gasteiger partial charge in [-0.05, 0) is 42.3 Å². The molecular weight excluding hydrogens is 325 g/mol. The van der Waals surface area contributed by atoms with Crippen LogP contribution < -0.4 is 15.5 Å². The zero-order valence-corrected chi connectivity index (χ0v) is 13.3. The summed E-state index contributed by atoms with van der Waals surface area (Å²) in [7, 11) is 0. The van der Waals surface area contributed by atoms with E-state index < -0.39 is 6.03 Å². The number of imide groups is 1. The number of carbonyl (C=O) groups excluding carboxylic acids is 3. The van der Waals surface area contributed by atoms with Crippen molar-refractivity contribution in [3.63, 3.8) is 0 Å². The van der Waals surface area contributed by atoms with Gasteiger partial charge in [0.2, 0.25) is 5.91 Å². The number of hydrogen-bond acceptors (Lipinski definition) is 3. The minimum absolute atomic E-state index is 0.0347. The highest BCUT2D eigenvalue weighted by Gasteiger charge is 2.27. The lowest BCUT2D eigenvalue weighted by molar-refractivity contribution is -0.117. The molecule has 0 unspecified atom stereocenters. The smallest absolute Gasteiger partial charge is 0.329 e. The number of carbonyl (C=O) groups is 3. The molecule has 0 bridgehead atoms. The van der Waals surface area contributed by atoms with Gasteiger partial charge in [0, 0.05) is 17.8 Å². The lowest BCUT2D eigenvalue weighted by Crippen LogP contribution is -2.28. The van der Waals surface area contributed by atoms with Gasteiger partial charge in [-0.25, -0.2) is 9.18 Å². The van der Waals surface area contributed by atoms with Crippen LogP contribution >= 0.6 is 0 Å². The van der Waals surface area contributed by atoms with Gasteiger partial charge in [0.05, 0.1) is 0 Å². The van der Waals surface area contributed by atoms with Gasteiger partial charge in [-0.1, -0.05) is 18.2 Å². The Morgan fingerprint density at radius 2 is 1.84 bits per heavy atom. The van der Waals surface area contributed by atoms with Crippen molar-refractivity contribution in [3.8, 4) is 0 Å². The second-order valence-electron chi connectivity index (χ2n) is 5.58. The van der Waals surface area contributed by atoms with Crippen molar-refractivity contribution in [2.75, 3.05) is 18.0 Å². The maximum absolute atomic E-state index is 13.5. The van der Waals surface area contributed by atoms with Crippen LogP contribution in [0.25, 0.3) is 0 Å². The Morgan fingerprint density at radius 1 is 1.12 bits per heavy atom. The van der Waals surface area contributed by atoms with Crippen LogP contribution in [-0.4, -0.2) is 30.9 Å². The molecule has 0 aliphatic carbocycles. The van der Waals surface area contributed by atoms with Crippen molar-refractivity contribution >= 4 is 23.5 Å². The summed E-state index contributed by atoms with van der Waals surface area (Å²) in [4.78, 5) is 36.2. The Balaban J connectivity index is 1.57. The van der Waals surface area contributed by atoms with Crippen LogP contribution in [0.5, 0.6) is 0 Å². The molecule has 1 saturated heterocycles. The minimum atomic E-state index is -0.480. The molecule has 6 nitrogen and oxygen atoms in total. The van der Waals surface area contributed by atoms with Crippen molar-refractivity contribution in [1.29, 1.82) is 0 Å². The number of benzene rings is 2. The van der Waals surface area contributed by atoms with Crippen molar-refractivity contribution in [2.45, 2.75) is 6.42 Å². The van der Waals surface area contributed by atoms with Crippen molar-refractivity contribution in [1.82, 2.24) is 10.6 Å². The summed E-state index contributed by atoms with van der Waals surface area (Å²) in [5.41, 5.74) is 1.50. The second-order valence-corrected chi connectivity index (χ2v) is 5.58. The number of hydrogen-bond donors (Lipinski definition) is 2. The van der Waals surface area contributed by atoms with E-state index >= 15 is 0 Å². The van der Waals surface area contributed by atoms with Crippen LogP contribution in [-0.2, 0) is 11.2 Å². The van der Waals surface area contributed by atoms with Crippen molar-refractivity contribution in [3.05, 3.63) is 65.5 Å². The molecule has 1 aliphatic heterocycles. The van der Waals surface area contributed by atoms with E-state index in [0.29, 0.717) is 29.8 Å². The summed E-state index contributed by atoms with van der Waals surface area (Å²) >= 11 is 0. The van der Waals surface area contributed by atoms with E-state index in [0.717, 1.165) is 0 Å². The quantitative estimate of drug-likeness (QED) is 0.815. The van der Waals surface area contributed by atoms with Crippen LogP contribution in [0.4, 0.5) is 14.9 Å². The number of halogens is 1. The predicted octanol–water partition coefficient (Wildman–Crippen LogP) is 1.85. The first kappa shape index (κ1) is 16.6. The van der Waals surface area contributed by atoms with Gasteiger partial charge in [-0.3, -0.25) is 19.8 Å². The first-order chi connectivity index (χ1) is 12.0. The molecular formula is C18H16FN3O3. The van der Waals surface area contributed by atoms with Crippen LogP contribution in [0.15, 0.2) is 48.5 Å². The van der Waals surface area contributed by atoms with Gasteiger partial charge in [0.1, 0.15) is 12.4 Å². The van der Waals surface area contributed by atoms with E-state index in [-0.39, 0.29) is 24.2 Å². The molecule has 2 N–H and O–H groups in total. The zero-order chi connectivity index (χ0) is 17.8. The molecule has 0 spiro atoms. The van der Waals surface area contributed by atoms with Gasteiger partial charge in [0.15, 0.2) is 0 Å². The molecule has 1 aliphatic rings. The highest BCUT2D eigenvalue weighted by atomic mass is 19.1. The molecule has 1 fully saturated rings. The monoisotopic (exact) mass is 341 g/mol. The normalized spacial score (nSPS) is 13.7. The molecule has 7 heteroatoms. The number of amides is 4. The molecule has 0 saturated carbocycles. The highest BCUT2D eigenvalue weighted by Crippen LogP contribution is 2.17. The first-order valence-corrected chi connectivity index (χ1v) is 7.77. The van der Waals surface area contributed by atoms with Crippen LogP contribution in [0.1, 0.15) is 15.9 Å². The fraction of sp³-hybridized carbons (Fsp3) is 0.167. The summed E-state index contributed by atoms with van der Waals surface area (Å²) in [6.45, 7) is 0.275. The summed E-state index contributed by atoms with van der Waals surface area (Å²) in [6.07, 6.45) is 0.395. The molecule has 0 aromatic heterocycles. The van der Waals surface area contributed by atoms with E-state index in [9.17, 15) is 18.8 Å². The van der Waals surface area contributed by atoms with Crippen molar-refractivity contribution in [2.24, 2.45) is 0 Å². The zero-order valence-electron chi connectivity index (χ0n) is 13.3. The molecule has 3 rings (SSSR count). The molecule has 128 valence electrons. The van der Waals surface area contributed by atoms with Crippen molar-refractivity contribution < 1.29 is 18.8 Å². The number of rotatable bonds is 5. The summed E-state index contributed by atoms with van der Waals surface area (Å²) in [5, 5.41) is 4.92. The lowest BCUT2D eigenvalue weighted by atomic mass is 10.1. The van der Waals surface area contributed by atoms with E-state index in [2.05, 4.69) is 10.6 Å². The number of nitrogens with one attached hydrogen (secondary N) is 2. The maximum atomic E-state index is 13.5. The third kappa shape index (κ3) is 3.82. The minimum Gasteiger partial charge on any atom is -0.352 e. The van der Waals surface area contributed by atoms with Gasteiger partial charge < -0.3 is 5.32 Å². The SMILES string of the molecule is O=C1CN(c2ccc(C(=O)NCCc3ccccc3F)cc2)C(=O)N1. The molecule has 0 radical (unpaired) electrons. The largest absolute Gasteiger partial charge is 0.352 e. The van der Waals surface area contributed by atoms with Gasteiger partial charge >= 0.3 is 6.03 Å². The first-order valence-electron chi connectivity index (χ1n) is 7.77. The highest BCUT2D eigenvalue weighted by molar-refractivity contribution is 6.12. The molecule has 2 aromatic carbocycles. The topological polar surface area (TPSA) is 78.5 Å². The Labute approximate surface area is 143 Å². The average Bonchev–Trinajstić information content (AvgIpc) is 2.95.